The summed E-state index contributed by atoms with van der Waals surface area (Å²) < 4.78 is 36.2. The molecule has 0 aliphatic heterocycles. The molecule has 17 heavy (non-hydrogen) atoms. The lowest BCUT2D eigenvalue weighted by Gasteiger charge is -2.06. The fourth-order valence-electron chi connectivity index (χ4n) is 1.75. The molecule has 2 nitrogen and oxygen atoms in total. The van der Waals surface area contributed by atoms with E-state index in [4.69, 9.17) is 5.11 Å². The molecule has 0 radical (unpaired) electrons. The van der Waals surface area contributed by atoms with Crippen LogP contribution >= 0.6 is 11.8 Å². The van der Waals surface area contributed by atoms with Gasteiger partial charge in [-0.05, 0) is 41.8 Å². The molecule has 2 unspecified atom stereocenters. The van der Waals surface area contributed by atoms with Crippen LogP contribution in [-0.4, -0.2) is 16.6 Å². The van der Waals surface area contributed by atoms with E-state index in [2.05, 4.69) is 0 Å². The Morgan fingerprint density at radius 3 is 2.29 bits per heavy atom. The van der Waals surface area contributed by atoms with Crippen molar-refractivity contribution in [3.05, 3.63) is 29.8 Å². The predicted molar refractivity (Wildman–Crippen MR) is 56.8 cm³/mol. The van der Waals surface area contributed by atoms with Crippen LogP contribution in [0.25, 0.3) is 0 Å². The normalized spacial score (nSPS) is 23.5. The highest BCUT2D eigenvalue weighted by Crippen LogP contribution is 2.48. The van der Waals surface area contributed by atoms with Crippen LogP contribution in [0.5, 0.6) is 0 Å². The quantitative estimate of drug-likeness (QED) is 0.847. The Morgan fingerprint density at radius 1 is 1.29 bits per heavy atom. The van der Waals surface area contributed by atoms with Crippen LogP contribution in [-0.2, 0) is 4.79 Å². The van der Waals surface area contributed by atoms with Crippen LogP contribution in [0, 0.1) is 5.92 Å². The second-order valence-electron chi connectivity index (χ2n) is 3.90. The molecule has 1 aliphatic carbocycles. The number of hydrogen-bond acceptors (Lipinski definition) is 2. The molecule has 2 rings (SSSR count). The third-order valence-corrected chi connectivity index (χ3v) is 3.39. The standard InChI is InChI=1S/C11H9F3O2S/c12-11(13,14)17-7-3-1-6(2-4-7)8-5-9(8)10(15)16/h1-4,8-9H,5H2,(H,15,16). The zero-order chi connectivity index (χ0) is 12.6. The van der Waals surface area contributed by atoms with E-state index in [1.54, 1.807) is 12.1 Å². The first-order valence-corrected chi connectivity index (χ1v) is 5.77. The van der Waals surface area contributed by atoms with Gasteiger partial charge in [-0.25, -0.2) is 0 Å². The summed E-state index contributed by atoms with van der Waals surface area (Å²) >= 11 is -0.168. The van der Waals surface area contributed by atoms with E-state index >= 15 is 0 Å². The van der Waals surface area contributed by atoms with E-state index < -0.39 is 11.5 Å². The lowest BCUT2D eigenvalue weighted by Crippen LogP contribution is -2.00. The molecule has 1 aliphatic rings. The van der Waals surface area contributed by atoms with Gasteiger partial charge in [-0.15, -0.1) is 0 Å². The molecular formula is C11H9F3O2S. The van der Waals surface area contributed by atoms with Crippen LogP contribution in [0.3, 0.4) is 0 Å². The Kier molecular flexibility index (Phi) is 3.07. The first-order chi connectivity index (χ1) is 7.87. The lowest BCUT2D eigenvalue weighted by molar-refractivity contribution is -0.138. The highest BCUT2D eigenvalue weighted by atomic mass is 32.2. The topological polar surface area (TPSA) is 37.3 Å². The number of carboxylic acids is 1. The summed E-state index contributed by atoms with van der Waals surface area (Å²) in [6, 6.07) is 5.90. The fourth-order valence-corrected chi connectivity index (χ4v) is 2.29. The summed E-state index contributed by atoms with van der Waals surface area (Å²) in [6.45, 7) is 0. The lowest BCUT2D eigenvalue weighted by atomic mass is 10.1. The summed E-state index contributed by atoms with van der Waals surface area (Å²) in [5.41, 5.74) is -3.49. The monoisotopic (exact) mass is 262 g/mol. The smallest absolute Gasteiger partial charge is 0.446 e. The van der Waals surface area contributed by atoms with Crippen molar-refractivity contribution in [2.45, 2.75) is 22.7 Å². The van der Waals surface area contributed by atoms with Crippen molar-refractivity contribution in [2.24, 2.45) is 5.92 Å². The highest BCUT2D eigenvalue weighted by Gasteiger charge is 2.44. The van der Waals surface area contributed by atoms with Gasteiger partial charge in [-0.1, -0.05) is 12.1 Å². The summed E-state index contributed by atoms with van der Waals surface area (Å²) in [7, 11) is 0. The van der Waals surface area contributed by atoms with Crippen LogP contribution < -0.4 is 0 Å². The van der Waals surface area contributed by atoms with E-state index in [0.717, 1.165) is 5.56 Å². The third-order valence-electron chi connectivity index (χ3n) is 2.65. The first-order valence-electron chi connectivity index (χ1n) is 4.95. The molecular weight excluding hydrogens is 253 g/mol. The molecule has 1 saturated carbocycles. The maximum absolute atomic E-state index is 12.1. The number of rotatable bonds is 3. The molecule has 0 aromatic heterocycles. The molecule has 0 amide bonds. The van der Waals surface area contributed by atoms with Crippen molar-refractivity contribution in [2.75, 3.05) is 0 Å². The zero-order valence-corrected chi connectivity index (χ0v) is 9.39. The average Bonchev–Trinajstić information content (AvgIpc) is 2.96. The van der Waals surface area contributed by atoms with E-state index in [1.807, 2.05) is 0 Å². The van der Waals surface area contributed by atoms with Crippen LogP contribution in [0.2, 0.25) is 0 Å². The van der Waals surface area contributed by atoms with E-state index in [-0.39, 0.29) is 28.5 Å². The van der Waals surface area contributed by atoms with Gasteiger partial charge >= 0.3 is 11.5 Å². The van der Waals surface area contributed by atoms with Gasteiger partial charge in [-0.2, -0.15) is 13.2 Å². The zero-order valence-electron chi connectivity index (χ0n) is 8.57. The predicted octanol–water partition coefficient (Wildman–Crippen LogP) is 3.49. The van der Waals surface area contributed by atoms with Gasteiger partial charge in [0, 0.05) is 4.90 Å². The number of halogens is 3. The first kappa shape index (κ1) is 12.3. The Labute approximate surface area is 99.8 Å². The number of benzene rings is 1. The molecule has 0 spiro atoms. The van der Waals surface area contributed by atoms with Crippen molar-refractivity contribution < 1.29 is 23.1 Å². The molecule has 1 fully saturated rings. The second-order valence-corrected chi connectivity index (χ2v) is 5.04. The van der Waals surface area contributed by atoms with Gasteiger partial charge in [0.2, 0.25) is 0 Å². The van der Waals surface area contributed by atoms with Gasteiger partial charge in [-0.3, -0.25) is 4.79 Å². The van der Waals surface area contributed by atoms with Gasteiger partial charge in [0.25, 0.3) is 0 Å². The Balaban J connectivity index is 2.02. The van der Waals surface area contributed by atoms with Crippen LogP contribution in [0.1, 0.15) is 17.9 Å². The third kappa shape index (κ3) is 3.15. The van der Waals surface area contributed by atoms with Crippen molar-refractivity contribution >= 4 is 17.7 Å². The largest absolute Gasteiger partial charge is 0.481 e. The SMILES string of the molecule is O=C(O)C1CC1c1ccc(SC(F)(F)F)cc1. The van der Waals surface area contributed by atoms with Crippen molar-refractivity contribution in [3.8, 4) is 0 Å². The van der Waals surface area contributed by atoms with Crippen LogP contribution in [0.15, 0.2) is 29.2 Å². The average molecular weight is 262 g/mol. The minimum absolute atomic E-state index is 0.0440. The van der Waals surface area contributed by atoms with Gasteiger partial charge in [0.15, 0.2) is 0 Å². The molecule has 6 heteroatoms. The minimum atomic E-state index is -4.29. The van der Waals surface area contributed by atoms with Gasteiger partial charge < -0.3 is 5.11 Å². The molecule has 2 atom stereocenters. The van der Waals surface area contributed by atoms with E-state index in [1.165, 1.54) is 12.1 Å². The Morgan fingerprint density at radius 2 is 1.88 bits per heavy atom. The molecule has 1 aromatic carbocycles. The summed E-state index contributed by atoms with van der Waals surface area (Å²) in [5.74, 6) is -1.27. The summed E-state index contributed by atoms with van der Waals surface area (Å²) in [5, 5.41) is 8.74. The second kappa shape index (κ2) is 4.25. The molecule has 1 N–H and O–H groups in total. The number of hydrogen-bond donors (Lipinski definition) is 1. The number of aliphatic carboxylic acids is 1. The number of carboxylic acid groups (broad SMARTS) is 1. The minimum Gasteiger partial charge on any atom is -0.481 e. The van der Waals surface area contributed by atoms with Gasteiger partial charge in [0.05, 0.1) is 5.92 Å². The Hall–Kier alpha value is -1.17. The molecule has 0 bridgehead atoms. The van der Waals surface area contributed by atoms with Gasteiger partial charge in [0.1, 0.15) is 0 Å². The Bertz CT molecular complexity index is 427. The maximum atomic E-state index is 12.1. The molecule has 0 heterocycles. The number of thioether (sulfide) groups is 1. The van der Waals surface area contributed by atoms with E-state index in [9.17, 15) is 18.0 Å². The molecule has 1 aromatic rings. The molecule has 92 valence electrons. The number of alkyl halides is 3. The number of carbonyl (C=O) groups is 1. The highest BCUT2D eigenvalue weighted by molar-refractivity contribution is 8.00. The maximum Gasteiger partial charge on any atom is 0.446 e. The summed E-state index contributed by atoms with van der Waals surface area (Å²) in [6.07, 6.45) is 0.571. The van der Waals surface area contributed by atoms with E-state index in [0.29, 0.717) is 6.42 Å². The molecule has 0 saturated heterocycles. The fraction of sp³-hybridized carbons (Fsp3) is 0.364. The van der Waals surface area contributed by atoms with Crippen molar-refractivity contribution in [1.82, 2.24) is 0 Å². The van der Waals surface area contributed by atoms with Crippen LogP contribution in [0.4, 0.5) is 13.2 Å². The summed E-state index contributed by atoms with van der Waals surface area (Å²) in [4.78, 5) is 10.8. The van der Waals surface area contributed by atoms with Crippen molar-refractivity contribution in [3.63, 3.8) is 0 Å². The van der Waals surface area contributed by atoms with Crippen molar-refractivity contribution in [1.29, 1.82) is 0 Å².